The number of alkyl halides is 3. The van der Waals surface area contributed by atoms with E-state index in [4.69, 9.17) is 5.11 Å². The number of aromatic hydroxyl groups is 1. The summed E-state index contributed by atoms with van der Waals surface area (Å²) < 4.78 is 39.9. The van der Waals surface area contributed by atoms with Gasteiger partial charge in [-0.3, -0.25) is 14.4 Å². The summed E-state index contributed by atoms with van der Waals surface area (Å²) in [6, 6.07) is 16.7. The van der Waals surface area contributed by atoms with Crippen molar-refractivity contribution in [1.82, 2.24) is 5.32 Å². The summed E-state index contributed by atoms with van der Waals surface area (Å²) in [5, 5.41) is 23.7. The van der Waals surface area contributed by atoms with Crippen molar-refractivity contribution in [2.45, 2.75) is 63.0 Å². The van der Waals surface area contributed by atoms with Crippen molar-refractivity contribution in [3.63, 3.8) is 0 Å². The van der Waals surface area contributed by atoms with Crippen LogP contribution in [0.3, 0.4) is 0 Å². The number of phenols is 1. The van der Waals surface area contributed by atoms with Crippen molar-refractivity contribution in [2.75, 3.05) is 11.9 Å². The zero-order valence-corrected chi connectivity index (χ0v) is 22.9. The molecule has 1 atom stereocenters. The number of aliphatic carboxylic acids is 1. The molecule has 0 bridgehead atoms. The van der Waals surface area contributed by atoms with Crippen molar-refractivity contribution in [3.05, 3.63) is 94.5 Å². The molecule has 0 radical (unpaired) electrons. The van der Waals surface area contributed by atoms with Crippen LogP contribution in [0.25, 0.3) is 0 Å². The van der Waals surface area contributed by atoms with Crippen molar-refractivity contribution in [2.24, 2.45) is 0 Å². The molecule has 0 saturated heterocycles. The van der Waals surface area contributed by atoms with E-state index in [1.165, 1.54) is 24.8 Å². The summed E-state index contributed by atoms with van der Waals surface area (Å²) >= 11 is 0. The minimum Gasteiger partial charge on any atom is -0.508 e. The molecule has 2 amide bonds. The molecular formula is C32H33F3N2O5. The maximum Gasteiger partial charge on any atom is 0.416 e. The average Bonchev–Trinajstić information content (AvgIpc) is 2.96. The highest BCUT2D eigenvalue weighted by molar-refractivity contribution is 5.96. The van der Waals surface area contributed by atoms with E-state index in [1.54, 1.807) is 24.3 Å². The number of carbonyl (C=O) groups excluding carboxylic acids is 2. The first-order chi connectivity index (χ1) is 20.0. The fourth-order valence-electron chi connectivity index (χ4n) is 5.29. The third kappa shape index (κ3) is 8.34. The van der Waals surface area contributed by atoms with Gasteiger partial charge in [-0.2, -0.15) is 13.2 Å². The van der Waals surface area contributed by atoms with Crippen LogP contribution in [-0.4, -0.2) is 34.5 Å². The first-order valence-corrected chi connectivity index (χ1v) is 13.9. The number of nitrogens with one attached hydrogen (secondary N) is 2. The first-order valence-electron chi connectivity index (χ1n) is 13.9. The summed E-state index contributed by atoms with van der Waals surface area (Å²) in [5.74, 6) is -2.94. The lowest BCUT2D eigenvalue weighted by Crippen LogP contribution is -2.26. The van der Waals surface area contributed by atoms with Crippen molar-refractivity contribution in [3.8, 4) is 5.75 Å². The normalized spacial score (nSPS) is 14.6. The zero-order chi connectivity index (χ0) is 30.3. The lowest BCUT2D eigenvalue weighted by Gasteiger charge is -2.23. The second-order valence-corrected chi connectivity index (χ2v) is 10.6. The molecule has 222 valence electrons. The highest BCUT2D eigenvalue weighted by atomic mass is 19.4. The molecule has 3 aromatic rings. The molecule has 1 saturated carbocycles. The molecule has 0 spiro atoms. The third-order valence-corrected chi connectivity index (χ3v) is 7.52. The number of carboxylic acids is 1. The van der Waals surface area contributed by atoms with E-state index in [-0.39, 0.29) is 25.1 Å². The summed E-state index contributed by atoms with van der Waals surface area (Å²) in [6.45, 7) is -0.0138. The van der Waals surface area contributed by atoms with Crippen LogP contribution in [0.4, 0.5) is 18.9 Å². The number of rotatable bonds is 10. The number of anilines is 1. The molecule has 4 N–H and O–H groups in total. The highest BCUT2D eigenvalue weighted by Gasteiger charge is 2.32. The van der Waals surface area contributed by atoms with Gasteiger partial charge in [0, 0.05) is 23.9 Å². The van der Waals surface area contributed by atoms with Crippen LogP contribution in [0.5, 0.6) is 5.75 Å². The van der Waals surface area contributed by atoms with Gasteiger partial charge in [0.15, 0.2) is 0 Å². The van der Waals surface area contributed by atoms with Crippen LogP contribution in [0, 0.1) is 0 Å². The Bertz CT molecular complexity index is 1400. The quantitative estimate of drug-likeness (QED) is 0.214. The van der Waals surface area contributed by atoms with Gasteiger partial charge in [-0.25, -0.2) is 0 Å². The summed E-state index contributed by atoms with van der Waals surface area (Å²) in [7, 11) is 0. The van der Waals surface area contributed by atoms with E-state index in [0.717, 1.165) is 25.0 Å². The van der Waals surface area contributed by atoms with E-state index in [2.05, 4.69) is 10.6 Å². The van der Waals surface area contributed by atoms with Crippen LogP contribution in [0.2, 0.25) is 0 Å². The van der Waals surface area contributed by atoms with Gasteiger partial charge in [0.2, 0.25) is 5.91 Å². The summed E-state index contributed by atoms with van der Waals surface area (Å²) in [6.07, 6.45) is 1.09. The van der Waals surface area contributed by atoms with E-state index in [0.29, 0.717) is 28.7 Å². The number of hydrogen-bond acceptors (Lipinski definition) is 4. The smallest absolute Gasteiger partial charge is 0.416 e. The van der Waals surface area contributed by atoms with Crippen LogP contribution < -0.4 is 10.6 Å². The van der Waals surface area contributed by atoms with Gasteiger partial charge < -0.3 is 20.8 Å². The Morgan fingerprint density at radius 1 is 0.905 bits per heavy atom. The lowest BCUT2D eigenvalue weighted by molar-refractivity contribution is -0.138. The minimum absolute atomic E-state index is 0.0138. The van der Waals surface area contributed by atoms with Gasteiger partial charge in [0.05, 0.1) is 17.9 Å². The Morgan fingerprint density at radius 3 is 2.19 bits per heavy atom. The van der Waals surface area contributed by atoms with Gasteiger partial charge in [-0.1, -0.05) is 55.7 Å². The topological polar surface area (TPSA) is 116 Å². The number of benzene rings is 3. The second kappa shape index (κ2) is 13.5. The van der Waals surface area contributed by atoms with E-state index < -0.39 is 41.2 Å². The van der Waals surface area contributed by atoms with Gasteiger partial charge >= 0.3 is 12.1 Å². The first kappa shape index (κ1) is 30.6. The maximum atomic E-state index is 13.5. The standard InChI is InChI=1S/C32H33F3N2O5/c33-32(34,35)25-17-26(19-27(38)18-25)37-31(42)28(23-12-10-22(11-13-23)21-4-2-1-3-5-21)16-20-6-8-24(9-7-20)30(41)36-15-14-29(39)40/h6-13,17-19,21,28,38H,1-5,14-16H2,(H,36,41)(H,37,42)(H,39,40). The fourth-order valence-corrected chi connectivity index (χ4v) is 5.29. The molecule has 7 nitrogen and oxygen atoms in total. The van der Waals surface area contributed by atoms with E-state index in [1.807, 2.05) is 24.3 Å². The van der Waals surface area contributed by atoms with Gasteiger partial charge in [-0.05, 0) is 66.1 Å². The Labute approximate surface area is 241 Å². The summed E-state index contributed by atoms with van der Waals surface area (Å²) in [4.78, 5) is 36.5. The van der Waals surface area contributed by atoms with Crippen molar-refractivity contribution >= 4 is 23.5 Å². The SMILES string of the molecule is O=C(O)CCNC(=O)c1ccc(CC(C(=O)Nc2cc(O)cc(C(F)(F)F)c2)c2ccc(C3CCCCC3)cc2)cc1. The van der Waals surface area contributed by atoms with Gasteiger partial charge in [0.25, 0.3) is 5.91 Å². The molecule has 42 heavy (non-hydrogen) atoms. The molecule has 0 heterocycles. The number of carbonyl (C=O) groups is 3. The fraction of sp³-hybridized carbons (Fsp3) is 0.344. The van der Waals surface area contributed by atoms with Crippen LogP contribution in [0.15, 0.2) is 66.7 Å². The largest absolute Gasteiger partial charge is 0.508 e. The molecular weight excluding hydrogens is 549 g/mol. The molecule has 1 unspecified atom stereocenters. The Hall–Kier alpha value is -4.34. The summed E-state index contributed by atoms with van der Waals surface area (Å²) in [5.41, 5.74) is 1.65. The molecule has 1 fully saturated rings. The number of hydrogen-bond donors (Lipinski definition) is 4. The predicted molar refractivity (Wildman–Crippen MR) is 151 cm³/mol. The Kier molecular flexibility index (Phi) is 9.88. The third-order valence-electron chi connectivity index (χ3n) is 7.52. The highest BCUT2D eigenvalue weighted by Crippen LogP contribution is 2.36. The molecule has 4 rings (SSSR count). The molecule has 0 aromatic heterocycles. The van der Waals surface area contributed by atoms with Gasteiger partial charge in [0.1, 0.15) is 5.75 Å². The monoisotopic (exact) mass is 582 g/mol. The molecule has 10 heteroatoms. The number of amides is 2. The van der Waals surface area contributed by atoms with Crippen molar-refractivity contribution in [1.29, 1.82) is 0 Å². The Balaban J connectivity index is 1.56. The van der Waals surface area contributed by atoms with Crippen LogP contribution in [0.1, 0.15) is 83.0 Å². The van der Waals surface area contributed by atoms with Crippen molar-refractivity contribution < 1.29 is 37.8 Å². The van der Waals surface area contributed by atoms with E-state index >= 15 is 0 Å². The molecule has 0 aliphatic heterocycles. The zero-order valence-electron chi connectivity index (χ0n) is 22.9. The average molecular weight is 583 g/mol. The lowest BCUT2D eigenvalue weighted by atomic mass is 9.83. The minimum atomic E-state index is -4.70. The number of carboxylic acid groups (broad SMARTS) is 1. The molecule has 3 aromatic carbocycles. The van der Waals surface area contributed by atoms with Gasteiger partial charge in [-0.15, -0.1) is 0 Å². The van der Waals surface area contributed by atoms with Crippen LogP contribution >= 0.6 is 0 Å². The number of phenolic OH excluding ortho intramolecular Hbond substituents is 1. The molecule has 1 aliphatic carbocycles. The number of halogens is 3. The van der Waals surface area contributed by atoms with E-state index in [9.17, 15) is 32.7 Å². The maximum absolute atomic E-state index is 13.5. The predicted octanol–water partition coefficient (Wildman–Crippen LogP) is 6.63. The second-order valence-electron chi connectivity index (χ2n) is 10.6. The molecule has 1 aliphatic rings. The Morgan fingerprint density at radius 2 is 1.57 bits per heavy atom. The van der Waals surface area contributed by atoms with Crippen LogP contribution in [-0.2, 0) is 22.2 Å².